The Hall–Kier alpha value is -0.560. The zero-order valence-electron chi connectivity index (χ0n) is 8.83. The van der Waals surface area contributed by atoms with Gasteiger partial charge in [0.1, 0.15) is 12.7 Å². The number of rotatable bonds is 2. The van der Waals surface area contributed by atoms with Crippen LogP contribution in [0.1, 0.15) is 20.8 Å². The molecule has 0 aromatic rings. The summed E-state index contributed by atoms with van der Waals surface area (Å²) in [6, 6.07) is 0. The maximum Gasteiger partial charge on any atom is 0.331 e. The Kier molecular flexibility index (Phi) is 3.92. The van der Waals surface area contributed by atoms with Gasteiger partial charge in [0, 0.05) is 6.08 Å². The molecule has 0 aromatic carbocycles. The molecule has 0 atom stereocenters. The number of hydrogen-bond acceptors (Lipinski definition) is 3. The number of ether oxygens (including phenoxy) is 1. The first kappa shape index (κ1) is 12.4. The largest absolute Gasteiger partial charge is 0.457 e. The monoisotopic (exact) mass is 204 g/mol. The van der Waals surface area contributed by atoms with E-state index in [4.69, 9.17) is 4.74 Å². The summed E-state index contributed by atoms with van der Waals surface area (Å²) in [6.45, 7) is 8.55. The molecule has 0 rings (SSSR count). The summed E-state index contributed by atoms with van der Waals surface area (Å²) >= 11 is 0. The van der Waals surface area contributed by atoms with Crippen LogP contribution in [0.2, 0.25) is 0 Å². The van der Waals surface area contributed by atoms with E-state index in [0.717, 1.165) is 0 Å². The lowest BCUT2D eigenvalue weighted by Crippen LogP contribution is -2.22. The highest BCUT2D eigenvalue weighted by Gasteiger charge is 2.14. The predicted molar refractivity (Wildman–Crippen MR) is 54.4 cm³/mol. The molecule has 0 unspecified atom stereocenters. The van der Waals surface area contributed by atoms with Crippen molar-refractivity contribution in [3.8, 4) is 0 Å². The van der Waals surface area contributed by atoms with E-state index in [9.17, 15) is 9.36 Å². The molecule has 0 aliphatic heterocycles. The highest BCUT2D eigenvalue weighted by atomic mass is 31.2. The van der Waals surface area contributed by atoms with Gasteiger partial charge in [0.25, 0.3) is 0 Å². The van der Waals surface area contributed by atoms with Crippen molar-refractivity contribution in [2.24, 2.45) is 0 Å². The number of esters is 1. The van der Waals surface area contributed by atoms with E-state index in [0.29, 0.717) is 0 Å². The molecule has 0 amide bonds. The maximum atomic E-state index is 11.2. The van der Waals surface area contributed by atoms with Gasteiger partial charge in [-0.2, -0.15) is 0 Å². The average molecular weight is 204 g/mol. The zero-order valence-corrected chi connectivity index (χ0v) is 9.72. The average Bonchev–Trinajstić information content (AvgIpc) is 1.78. The van der Waals surface area contributed by atoms with Crippen molar-refractivity contribution >= 4 is 13.1 Å². The maximum absolute atomic E-state index is 11.2. The predicted octanol–water partition coefficient (Wildman–Crippen LogP) is 2.46. The van der Waals surface area contributed by atoms with Gasteiger partial charge in [-0.15, -0.1) is 0 Å². The van der Waals surface area contributed by atoms with Crippen molar-refractivity contribution in [1.82, 2.24) is 0 Å². The summed E-state index contributed by atoms with van der Waals surface area (Å²) in [6.07, 6.45) is 1.23. The second-order valence-corrected chi connectivity index (χ2v) is 7.45. The van der Waals surface area contributed by atoms with Crippen LogP contribution in [0.15, 0.2) is 11.9 Å². The molecule has 0 aliphatic carbocycles. The fourth-order valence-corrected chi connectivity index (χ4v) is 1.06. The third-order valence-electron chi connectivity index (χ3n) is 0.976. The van der Waals surface area contributed by atoms with Gasteiger partial charge in [-0.05, 0) is 39.9 Å². The van der Waals surface area contributed by atoms with Crippen molar-refractivity contribution in [1.29, 1.82) is 0 Å². The molecule has 4 heteroatoms. The summed E-state index contributed by atoms with van der Waals surface area (Å²) in [5.74, 6) is 0.956. The first-order valence-electron chi connectivity index (χ1n) is 4.07. The Morgan fingerprint density at radius 3 is 2.08 bits per heavy atom. The highest BCUT2D eigenvalue weighted by Crippen LogP contribution is 2.37. The first-order valence-corrected chi connectivity index (χ1v) is 6.74. The molecular formula is C9H17O3P. The molecule has 0 radical (unpaired) electrons. The Balaban J connectivity index is 4.19. The van der Waals surface area contributed by atoms with Crippen LogP contribution in [0.3, 0.4) is 0 Å². The molecule has 76 valence electrons. The minimum Gasteiger partial charge on any atom is -0.457 e. The molecule has 0 N–H and O–H groups in total. The van der Waals surface area contributed by atoms with Gasteiger partial charge in [-0.3, -0.25) is 0 Å². The van der Waals surface area contributed by atoms with Crippen LogP contribution in [0.4, 0.5) is 0 Å². The van der Waals surface area contributed by atoms with Crippen LogP contribution in [0, 0.1) is 0 Å². The zero-order chi connectivity index (χ0) is 10.7. The van der Waals surface area contributed by atoms with Crippen LogP contribution >= 0.6 is 7.14 Å². The van der Waals surface area contributed by atoms with E-state index < -0.39 is 18.7 Å². The molecule has 0 saturated heterocycles. The topological polar surface area (TPSA) is 43.4 Å². The summed E-state index contributed by atoms with van der Waals surface area (Å²) in [5.41, 5.74) is -0.493. The van der Waals surface area contributed by atoms with Gasteiger partial charge < -0.3 is 9.30 Å². The van der Waals surface area contributed by atoms with E-state index >= 15 is 0 Å². The quantitative estimate of drug-likeness (QED) is 0.394. The molecule has 0 bridgehead atoms. The Labute approximate surface area is 79.5 Å². The lowest BCUT2D eigenvalue weighted by Gasteiger charge is -2.17. The van der Waals surface area contributed by atoms with Gasteiger partial charge >= 0.3 is 5.97 Å². The molecular weight excluding hydrogens is 187 g/mol. The molecule has 0 aromatic heterocycles. The summed E-state index contributed by atoms with van der Waals surface area (Å²) in [5, 5.41) is 0. The van der Waals surface area contributed by atoms with Crippen molar-refractivity contribution in [3.63, 3.8) is 0 Å². The lowest BCUT2D eigenvalue weighted by atomic mass is 10.2. The molecule has 0 fully saturated rings. The number of carbonyl (C=O) groups is 1. The van der Waals surface area contributed by atoms with Crippen molar-refractivity contribution in [2.45, 2.75) is 26.4 Å². The molecule has 0 heterocycles. The van der Waals surface area contributed by atoms with Crippen molar-refractivity contribution in [2.75, 3.05) is 13.3 Å². The van der Waals surface area contributed by atoms with Gasteiger partial charge in [0.05, 0.1) is 0 Å². The van der Waals surface area contributed by atoms with Gasteiger partial charge in [-0.1, -0.05) is 0 Å². The molecule has 0 spiro atoms. The van der Waals surface area contributed by atoms with Crippen molar-refractivity contribution in [3.05, 3.63) is 11.9 Å². The minimum absolute atomic E-state index is 0.448. The van der Waals surface area contributed by atoms with Crippen LogP contribution in [-0.4, -0.2) is 24.9 Å². The first-order chi connectivity index (χ1) is 5.60. The third-order valence-corrected chi connectivity index (χ3v) is 1.84. The normalized spacial score (nSPS) is 13.3. The Morgan fingerprint density at radius 2 is 1.77 bits per heavy atom. The van der Waals surface area contributed by atoms with E-state index in [1.54, 1.807) is 34.1 Å². The number of carbonyl (C=O) groups excluding carboxylic acids is 1. The van der Waals surface area contributed by atoms with E-state index in [1.165, 1.54) is 11.9 Å². The van der Waals surface area contributed by atoms with E-state index in [2.05, 4.69) is 0 Å². The Morgan fingerprint density at radius 1 is 1.31 bits per heavy atom. The Bertz CT molecular complexity index is 255. The van der Waals surface area contributed by atoms with E-state index in [1.807, 2.05) is 0 Å². The van der Waals surface area contributed by atoms with Gasteiger partial charge in [0.2, 0.25) is 0 Å². The smallest absolute Gasteiger partial charge is 0.331 e. The molecule has 13 heavy (non-hydrogen) atoms. The SMILES string of the molecule is CC(C)(C)OC(=O)/C=C/P(C)(C)=O. The highest BCUT2D eigenvalue weighted by molar-refractivity contribution is 7.65. The van der Waals surface area contributed by atoms with Crippen LogP contribution in [-0.2, 0) is 14.1 Å². The van der Waals surface area contributed by atoms with Crippen LogP contribution < -0.4 is 0 Å². The van der Waals surface area contributed by atoms with Crippen molar-refractivity contribution < 1.29 is 14.1 Å². The summed E-state index contributed by atoms with van der Waals surface area (Å²) in [7, 11) is -2.27. The second-order valence-electron chi connectivity index (χ2n) is 4.28. The summed E-state index contributed by atoms with van der Waals surface area (Å²) < 4.78 is 16.2. The van der Waals surface area contributed by atoms with E-state index in [-0.39, 0.29) is 0 Å². The van der Waals surface area contributed by atoms with Crippen LogP contribution in [0.5, 0.6) is 0 Å². The third kappa shape index (κ3) is 9.35. The molecule has 0 aliphatic rings. The lowest BCUT2D eigenvalue weighted by molar-refractivity contribution is -0.148. The fourth-order valence-electron chi connectivity index (χ4n) is 0.576. The molecule has 3 nitrogen and oxygen atoms in total. The van der Waals surface area contributed by atoms with Gasteiger partial charge in [0.15, 0.2) is 0 Å². The molecule has 0 saturated carbocycles. The number of hydrogen-bond donors (Lipinski definition) is 0. The fraction of sp³-hybridized carbons (Fsp3) is 0.667. The minimum atomic E-state index is -2.27. The van der Waals surface area contributed by atoms with Gasteiger partial charge in [-0.25, -0.2) is 4.79 Å². The van der Waals surface area contributed by atoms with Crippen LogP contribution in [0.25, 0.3) is 0 Å². The summed E-state index contributed by atoms with van der Waals surface area (Å²) in [4.78, 5) is 11.1. The second kappa shape index (κ2) is 4.10. The standard InChI is InChI=1S/C9H17O3P/c1-9(2,3)12-8(10)6-7-13(4,5)11/h6-7H,1-5H3/b7-6+.